The van der Waals surface area contributed by atoms with Gasteiger partial charge in [0.15, 0.2) is 17.0 Å². The highest BCUT2D eigenvalue weighted by Gasteiger charge is 2.16. The number of methoxy groups -OCH3 is 1. The molecule has 0 aliphatic heterocycles. The van der Waals surface area contributed by atoms with Crippen LogP contribution in [0.25, 0.3) is 27.9 Å². The highest BCUT2D eigenvalue weighted by molar-refractivity contribution is 6.05. The van der Waals surface area contributed by atoms with E-state index in [4.69, 9.17) is 9.15 Å². The van der Waals surface area contributed by atoms with Gasteiger partial charge in [0.05, 0.1) is 12.8 Å². The Morgan fingerprint density at radius 1 is 1.10 bits per heavy atom. The smallest absolute Gasteiger partial charge is 0.349 e. The number of nitrogens with zero attached hydrogens (tertiary/aromatic N) is 4. The van der Waals surface area contributed by atoms with Crippen LogP contribution in [0.3, 0.4) is 0 Å². The van der Waals surface area contributed by atoms with Crippen molar-refractivity contribution in [3.8, 4) is 17.0 Å². The molecule has 0 saturated heterocycles. The highest BCUT2D eigenvalue weighted by atomic mass is 16.5. The molecule has 1 N–H and O–H groups in total. The normalized spacial score (nSPS) is 11.0. The van der Waals surface area contributed by atoms with Gasteiger partial charge >= 0.3 is 5.63 Å². The van der Waals surface area contributed by atoms with Crippen LogP contribution in [0.5, 0.6) is 5.75 Å². The molecule has 3 aromatic heterocycles. The van der Waals surface area contributed by atoms with E-state index in [1.54, 1.807) is 34.8 Å². The molecule has 0 bridgehead atoms. The lowest BCUT2D eigenvalue weighted by Gasteiger charge is -2.08. The quantitative estimate of drug-likeness (QED) is 0.451. The van der Waals surface area contributed by atoms with Crippen LogP contribution in [0, 0.1) is 0 Å². The molecule has 0 unspecified atom stereocenters. The molecule has 0 aliphatic carbocycles. The zero-order chi connectivity index (χ0) is 21.4. The fourth-order valence-electron chi connectivity index (χ4n) is 3.24. The first kappa shape index (κ1) is 18.5. The monoisotopic (exact) mass is 413 g/mol. The first-order valence-electron chi connectivity index (χ1n) is 9.32. The fourth-order valence-corrected chi connectivity index (χ4v) is 3.24. The molecule has 31 heavy (non-hydrogen) atoms. The minimum atomic E-state index is -0.738. The third-order valence-electron chi connectivity index (χ3n) is 4.79. The second kappa shape index (κ2) is 7.38. The fraction of sp³-hybridized carbons (Fsp3) is 0.0455. The highest BCUT2D eigenvalue weighted by Crippen LogP contribution is 2.25. The molecule has 3 heterocycles. The maximum atomic E-state index is 12.7. The van der Waals surface area contributed by atoms with Crippen LogP contribution in [0.4, 0.5) is 5.69 Å². The van der Waals surface area contributed by atoms with Crippen molar-refractivity contribution in [1.82, 2.24) is 19.8 Å². The van der Waals surface area contributed by atoms with Gasteiger partial charge in [0.1, 0.15) is 11.9 Å². The minimum absolute atomic E-state index is 0.0930. The molecule has 152 valence electrons. The van der Waals surface area contributed by atoms with E-state index in [1.807, 2.05) is 24.3 Å². The maximum Gasteiger partial charge on any atom is 0.349 e. The van der Waals surface area contributed by atoms with Crippen LogP contribution in [0.15, 0.2) is 76.2 Å². The number of hydrogen-bond donors (Lipinski definition) is 1. The van der Waals surface area contributed by atoms with Crippen LogP contribution in [-0.2, 0) is 0 Å². The number of aromatic nitrogens is 4. The first-order chi connectivity index (χ1) is 15.1. The molecular weight excluding hydrogens is 398 g/mol. The number of carbonyl (C=O) groups excluding carboxylic acids is 1. The Kier molecular flexibility index (Phi) is 4.40. The lowest BCUT2D eigenvalue weighted by Crippen LogP contribution is -2.20. The van der Waals surface area contributed by atoms with Crippen LogP contribution in [-0.4, -0.2) is 32.8 Å². The molecule has 0 atom stereocenters. The van der Waals surface area contributed by atoms with Gasteiger partial charge in [-0.2, -0.15) is 9.61 Å². The van der Waals surface area contributed by atoms with E-state index < -0.39 is 11.5 Å². The molecule has 0 fully saturated rings. The Balaban J connectivity index is 1.40. The lowest BCUT2D eigenvalue weighted by molar-refractivity contribution is 0.102. The largest absolute Gasteiger partial charge is 0.493 e. The number of benzene rings is 2. The molecule has 0 saturated carbocycles. The summed E-state index contributed by atoms with van der Waals surface area (Å²) >= 11 is 0. The Morgan fingerprint density at radius 3 is 2.74 bits per heavy atom. The van der Waals surface area contributed by atoms with Gasteiger partial charge in [-0.1, -0.05) is 24.3 Å². The van der Waals surface area contributed by atoms with Crippen molar-refractivity contribution in [2.24, 2.45) is 0 Å². The number of fused-ring (bicyclic) bond motifs is 2. The third kappa shape index (κ3) is 3.38. The number of rotatable bonds is 4. The summed E-state index contributed by atoms with van der Waals surface area (Å²) in [5.41, 5.74) is 2.24. The second-order valence-corrected chi connectivity index (χ2v) is 6.71. The van der Waals surface area contributed by atoms with Crippen LogP contribution in [0.1, 0.15) is 10.4 Å². The average Bonchev–Trinajstić information content (AvgIpc) is 3.26. The summed E-state index contributed by atoms with van der Waals surface area (Å²) in [4.78, 5) is 25.0. The molecule has 9 heteroatoms. The Labute approximate surface area is 174 Å². The van der Waals surface area contributed by atoms with Gasteiger partial charge in [-0.05, 0) is 36.4 Å². The van der Waals surface area contributed by atoms with Gasteiger partial charge in [0.2, 0.25) is 0 Å². The zero-order valence-electron chi connectivity index (χ0n) is 16.3. The van der Waals surface area contributed by atoms with Crippen LogP contribution >= 0.6 is 0 Å². The standard InChI is InChI=1S/C22H15N5O4/c1-30-18-4-2-3-14-11-16(22(29)31-20(14)18)21(28)24-15-7-5-13(6-8-15)17-9-10-19-25-23-12-27(19)26-17/h2-12H,1H3,(H,24,28). The van der Waals surface area contributed by atoms with Gasteiger partial charge in [0, 0.05) is 16.6 Å². The van der Waals surface area contributed by atoms with E-state index in [0.717, 1.165) is 11.3 Å². The van der Waals surface area contributed by atoms with Crippen LogP contribution < -0.4 is 15.7 Å². The summed E-state index contributed by atoms with van der Waals surface area (Å²) in [6, 6.07) is 17.4. The topological polar surface area (TPSA) is 112 Å². The zero-order valence-corrected chi connectivity index (χ0v) is 16.3. The summed E-state index contributed by atoms with van der Waals surface area (Å²) in [5, 5.41) is 15.5. The summed E-state index contributed by atoms with van der Waals surface area (Å²) < 4.78 is 12.1. The van der Waals surface area contributed by atoms with Crippen molar-refractivity contribution in [2.45, 2.75) is 0 Å². The molecule has 1 amide bonds. The number of ether oxygens (including phenoxy) is 1. The minimum Gasteiger partial charge on any atom is -0.493 e. The van der Waals surface area contributed by atoms with E-state index in [9.17, 15) is 9.59 Å². The van der Waals surface area contributed by atoms with Gasteiger partial charge in [-0.25, -0.2) is 4.79 Å². The molecule has 0 spiro atoms. The van der Waals surface area contributed by atoms with Crippen molar-refractivity contribution in [3.05, 3.63) is 83.0 Å². The maximum absolute atomic E-state index is 12.7. The molecular formula is C22H15N5O4. The second-order valence-electron chi connectivity index (χ2n) is 6.71. The summed E-state index contributed by atoms with van der Waals surface area (Å²) in [6.07, 6.45) is 1.53. The number of carbonyl (C=O) groups is 1. The van der Waals surface area contributed by atoms with Crippen molar-refractivity contribution in [3.63, 3.8) is 0 Å². The van der Waals surface area contributed by atoms with Gasteiger partial charge in [-0.3, -0.25) is 4.79 Å². The predicted molar refractivity (Wildman–Crippen MR) is 113 cm³/mol. The van der Waals surface area contributed by atoms with Gasteiger partial charge < -0.3 is 14.5 Å². The van der Waals surface area contributed by atoms with E-state index in [1.165, 1.54) is 19.5 Å². The number of hydrogen-bond acceptors (Lipinski definition) is 7. The summed E-state index contributed by atoms with van der Waals surface area (Å²) in [5.74, 6) is -0.134. The van der Waals surface area contributed by atoms with Crippen molar-refractivity contribution in [1.29, 1.82) is 0 Å². The number of anilines is 1. The lowest BCUT2D eigenvalue weighted by atomic mass is 10.1. The molecule has 2 aromatic carbocycles. The first-order valence-corrected chi connectivity index (χ1v) is 9.32. The summed E-state index contributed by atoms with van der Waals surface area (Å²) in [6.45, 7) is 0. The molecule has 5 aromatic rings. The SMILES string of the molecule is COc1cccc2cc(C(=O)Nc3ccc(-c4ccc5nncn5n4)cc3)c(=O)oc12. The number of nitrogens with one attached hydrogen (secondary N) is 1. The Hall–Kier alpha value is -4.53. The number of amides is 1. The van der Waals surface area contributed by atoms with E-state index in [2.05, 4.69) is 20.6 Å². The predicted octanol–water partition coefficient (Wildman–Crippen LogP) is 3.16. The van der Waals surface area contributed by atoms with Crippen molar-refractivity contribution in [2.75, 3.05) is 12.4 Å². The third-order valence-corrected chi connectivity index (χ3v) is 4.79. The Morgan fingerprint density at radius 2 is 1.94 bits per heavy atom. The van der Waals surface area contributed by atoms with E-state index in [0.29, 0.717) is 28.1 Å². The van der Waals surface area contributed by atoms with Crippen molar-refractivity contribution < 1.29 is 13.9 Å². The molecule has 0 radical (unpaired) electrons. The average molecular weight is 413 g/mol. The molecule has 5 rings (SSSR count). The summed E-state index contributed by atoms with van der Waals surface area (Å²) in [7, 11) is 1.49. The van der Waals surface area contributed by atoms with Crippen molar-refractivity contribution >= 4 is 28.2 Å². The molecule has 9 nitrogen and oxygen atoms in total. The number of para-hydroxylation sites is 1. The van der Waals surface area contributed by atoms with Crippen LogP contribution in [0.2, 0.25) is 0 Å². The molecule has 0 aliphatic rings. The van der Waals surface area contributed by atoms with E-state index >= 15 is 0 Å². The van der Waals surface area contributed by atoms with Gasteiger partial charge in [-0.15, -0.1) is 10.2 Å². The van der Waals surface area contributed by atoms with Gasteiger partial charge in [0.25, 0.3) is 5.91 Å². The van der Waals surface area contributed by atoms with E-state index in [-0.39, 0.29) is 5.56 Å². The Bertz CT molecular complexity index is 1490.